The van der Waals surface area contributed by atoms with Gasteiger partial charge in [0.2, 0.25) is 5.91 Å². The molecule has 0 saturated carbocycles. The first-order valence-corrected chi connectivity index (χ1v) is 9.46. The number of hydrogen-bond acceptors (Lipinski definition) is 4. The molecule has 0 aromatic heterocycles. The summed E-state index contributed by atoms with van der Waals surface area (Å²) in [5, 5.41) is 6.19. The van der Waals surface area contributed by atoms with Crippen molar-refractivity contribution in [3.63, 3.8) is 0 Å². The van der Waals surface area contributed by atoms with E-state index in [0.29, 0.717) is 26.0 Å². The minimum absolute atomic E-state index is 0.00242. The molecule has 1 aliphatic heterocycles. The van der Waals surface area contributed by atoms with Crippen molar-refractivity contribution in [1.29, 1.82) is 0 Å². The molecule has 3 rings (SSSR count). The van der Waals surface area contributed by atoms with Gasteiger partial charge in [0, 0.05) is 24.9 Å². The number of ether oxygens (including phenoxy) is 1. The molecular weight excluding hydrogens is 340 g/mol. The van der Waals surface area contributed by atoms with E-state index in [1.165, 1.54) is 0 Å². The molecule has 1 fully saturated rings. The van der Waals surface area contributed by atoms with Gasteiger partial charge in [-0.25, -0.2) is 0 Å². The third-order valence-electron chi connectivity index (χ3n) is 4.86. The Morgan fingerprint density at radius 1 is 1.07 bits per heavy atom. The highest BCUT2D eigenvalue weighted by atomic mass is 16.5. The standard InChI is InChI=1S/C22H26N2O3/c1-2-27-22(26)20-13-18(15-23-20)24-21(25)14-19(16-9-5-3-6-10-16)17-11-7-4-8-12-17/h3-12,18-20,23H,2,13-15H2,1H3,(H,24,25). The molecule has 2 aromatic carbocycles. The van der Waals surface area contributed by atoms with Gasteiger partial charge in [-0.15, -0.1) is 0 Å². The van der Waals surface area contributed by atoms with E-state index in [1.54, 1.807) is 6.92 Å². The fourth-order valence-corrected chi connectivity index (χ4v) is 3.54. The third-order valence-corrected chi connectivity index (χ3v) is 4.86. The lowest BCUT2D eigenvalue weighted by Gasteiger charge is -2.19. The Bertz CT molecular complexity index is 709. The molecule has 1 aliphatic rings. The highest BCUT2D eigenvalue weighted by molar-refractivity contribution is 5.79. The van der Waals surface area contributed by atoms with Crippen LogP contribution in [0.4, 0.5) is 0 Å². The van der Waals surface area contributed by atoms with E-state index >= 15 is 0 Å². The van der Waals surface area contributed by atoms with Gasteiger partial charge >= 0.3 is 5.97 Å². The third kappa shape index (κ3) is 5.17. The zero-order chi connectivity index (χ0) is 19.1. The number of carbonyl (C=O) groups excluding carboxylic acids is 2. The van der Waals surface area contributed by atoms with Crippen molar-refractivity contribution < 1.29 is 14.3 Å². The molecule has 2 unspecified atom stereocenters. The van der Waals surface area contributed by atoms with Crippen LogP contribution in [0.5, 0.6) is 0 Å². The van der Waals surface area contributed by atoms with Crippen molar-refractivity contribution in [3.8, 4) is 0 Å². The minimum atomic E-state index is -0.339. The van der Waals surface area contributed by atoms with Crippen molar-refractivity contribution in [2.45, 2.75) is 37.8 Å². The van der Waals surface area contributed by atoms with E-state index in [-0.39, 0.29) is 29.9 Å². The maximum atomic E-state index is 12.7. The lowest BCUT2D eigenvalue weighted by Crippen LogP contribution is -2.36. The summed E-state index contributed by atoms with van der Waals surface area (Å²) in [6, 6.07) is 19.8. The van der Waals surface area contributed by atoms with Gasteiger partial charge in [0.05, 0.1) is 6.61 Å². The first-order valence-electron chi connectivity index (χ1n) is 9.46. The number of rotatable bonds is 7. The SMILES string of the molecule is CCOC(=O)C1CC(NC(=O)CC(c2ccccc2)c2ccccc2)CN1. The quantitative estimate of drug-likeness (QED) is 0.739. The lowest BCUT2D eigenvalue weighted by atomic mass is 9.88. The van der Waals surface area contributed by atoms with Crippen LogP contribution in [0.15, 0.2) is 60.7 Å². The fraction of sp³-hybridized carbons (Fsp3) is 0.364. The van der Waals surface area contributed by atoms with Crippen LogP contribution in [0.2, 0.25) is 0 Å². The summed E-state index contributed by atoms with van der Waals surface area (Å²) >= 11 is 0. The van der Waals surface area contributed by atoms with Crippen molar-refractivity contribution in [2.75, 3.05) is 13.2 Å². The molecule has 2 N–H and O–H groups in total. The predicted octanol–water partition coefficient (Wildman–Crippen LogP) is 2.62. The first-order chi connectivity index (χ1) is 13.2. The molecule has 142 valence electrons. The molecule has 1 amide bonds. The summed E-state index contributed by atoms with van der Waals surface area (Å²) in [6.07, 6.45) is 0.931. The van der Waals surface area contributed by atoms with Gasteiger partial charge in [0.1, 0.15) is 6.04 Å². The Hall–Kier alpha value is -2.66. The van der Waals surface area contributed by atoms with Crippen LogP contribution in [0.25, 0.3) is 0 Å². The second-order valence-electron chi connectivity index (χ2n) is 6.79. The van der Waals surface area contributed by atoms with Gasteiger partial charge < -0.3 is 15.4 Å². The van der Waals surface area contributed by atoms with Crippen molar-refractivity contribution in [1.82, 2.24) is 10.6 Å². The highest BCUT2D eigenvalue weighted by Crippen LogP contribution is 2.28. The minimum Gasteiger partial charge on any atom is -0.465 e. The molecular formula is C22H26N2O3. The molecule has 5 heteroatoms. The molecule has 2 aromatic rings. The smallest absolute Gasteiger partial charge is 0.323 e. The number of esters is 1. The zero-order valence-corrected chi connectivity index (χ0v) is 15.6. The van der Waals surface area contributed by atoms with Crippen LogP contribution < -0.4 is 10.6 Å². The Morgan fingerprint density at radius 2 is 1.67 bits per heavy atom. The van der Waals surface area contributed by atoms with E-state index in [2.05, 4.69) is 34.9 Å². The molecule has 5 nitrogen and oxygen atoms in total. The molecule has 0 spiro atoms. The van der Waals surface area contributed by atoms with E-state index in [9.17, 15) is 9.59 Å². The second kappa shape index (κ2) is 9.33. The maximum absolute atomic E-state index is 12.7. The number of nitrogens with one attached hydrogen (secondary N) is 2. The van der Waals surface area contributed by atoms with Crippen LogP contribution in [0.3, 0.4) is 0 Å². The molecule has 0 bridgehead atoms. The summed E-state index contributed by atoms with van der Waals surface area (Å²) in [5.74, 6) is -0.257. The van der Waals surface area contributed by atoms with Crippen LogP contribution >= 0.6 is 0 Å². The average molecular weight is 366 g/mol. The lowest BCUT2D eigenvalue weighted by molar-refractivity contribution is -0.145. The molecule has 0 radical (unpaired) electrons. The molecule has 1 saturated heterocycles. The van der Waals surface area contributed by atoms with Gasteiger partial charge in [0.25, 0.3) is 0 Å². The molecule has 2 atom stereocenters. The van der Waals surface area contributed by atoms with E-state index in [0.717, 1.165) is 11.1 Å². The summed E-state index contributed by atoms with van der Waals surface area (Å²) in [4.78, 5) is 24.5. The number of amides is 1. The zero-order valence-electron chi connectivity index (χ0n) is 15.6. The van der Waals surface area contributed by atoms with Gasteiger partial charge in [-0.3, -0.25) is 9.59 Å². The number of hydrogen-bond donors (Lipinski definition) is 2. The molecule has 0 aliphatic carbocycles. The van der Waals surface area contributed by atoms with Crippen LogP contribution in [0.1, 0.15) is 36.8 Å². The Labute approximate surface area is 160 Å². The maximum Gasteiger partial charge on any atom is 0.323 e. The Balaban J connectivity index is 1.63. The number of carbonyl (C=O) groups is 2. The number of benzene rings is 2. The van der Waals surface area contributed by atoms with E-state index < -0.39 is 0 Å². The van der Waals surface area contributed by atoms with Crippen molar-refractivity contribution in [2.24, 2.45) is 0 Å². The van der Waals surface area contributed by atoms with Gasteiger partial charge in [0.15, 0.2) is 0 Å². The average Bonchev–Trinajstić information content (AvgIpc) is 3.16. The highest BCUT2D eigenvalue weighted by Gasteiger charge is 2.31. The van der Waals surface area contributed by atoms with Crippen molar-refractivity contribution >= 4 is 11.9 Å². The normalized spacial score (nSPS) is 19.0. The van der Waals surface area contributed by atoms with E-state index in [4.69, 9.17) is 4.74 Å². The van der Waals surface area contributed by atoms with Crippen LogP contribution in [-0.4, -0.2) is 37.1 Å². The molecule has 27 heavy (non-hydrogen) atoms. The summed E-state index contributed by atoms with van der Waals surface area (Å²) in [5.41, 5.74) is 2.24. The van der Waals surface area contributed by atoms with E-state index in [1.807, 2.05) is 36.4 Å². The Kier molecular flexibility index (Phi) is 6.60. The van der Waals surface area contributed by atoms with Gasteiger partial charge in [-0.1, -0.05) is 60.7 Å². The van der Waals surface area contributed by atoms with Crippen LogP contribution in [-0.2, 0) is 14.3 Å². The second-order valence-corrected chi connectivity index (χ2v) is 6.79. The van der Waals surface area contributed by atoms with Crippen LogP contribution in [0, 0.1) is 0 Å². The molecule has 1 heterocycles. The first kappa shape index (κ1) is 19.1. The topological polar surface area (TPSA) is 67.4 Å². The predicted molar refractivity (Wildman–Crippen MR) is 104 cm³/mol. The Morgan fingerprint density at radius 3 is 2.22 bits per heavy atom. The summed E-state index contributed by atoms with van der Waals surface area (Å²) in [7, 11) is 0. The van der Waals surface area contributed by atoms with Crippen molar-refractivity contribution in [3.05, 3.63) is 71.8 Å². The van der Waals surface area contributed by atoms with Gasteiger partial charge in [-0.2, -0.15) is 0 Å². The largest absolute Gasteiger partial charge is 0.465 e. The fourth-order valence-electron chi connectivity index (χ4n) is 3.54. The summed E-state index contributed by atoms with van der Waals surface area (Å²) in [6.45, 7) is 2.74. The monoisotopic (exact) mass is 366 g/mol. The summed E-state index contributed by atoms with van der Waals surface area (Å²) < 4.78 is 5.05. The van der Waals surface area contributed by atoms with Gasteiger partial charge in [-0.05, 0) is 24.5 Å².